The number of urea groups is 1. The van der Waals surface area contributed by atoms with E-state index in [0.717, 1.165) is 34.2 Å². The van der Waals surface area contributed by atoms with Gasteiger partial charge in [0.2, 0.25) is 0 Å². The molecule has 1 fully saturated rings. The van der Waals surface area contributed by atoms with Crippen LogP contribution < -0.4 is 5.32 Å². The fourth-order valence-electron chi connectivity index (χ4n) is 3.87. The molecule has 0 saturated carbocycles. The van der Waals surface area contributed by atoms with Gasteiger partial charge in [0.25, 0.3) is 5.91 Å². The molecule has 1 heterocycles. The van der Waals surface area contributed by atoms with Crippen LogP contribution in [0, 0.1) is 13.8 Å². The largest absolute Gasteiger partial charge is 0.325 e. The number of imide groups is 1. The van der Waals surface area contributed by atoms with Crippen molar-refractivity contribution in [3.8, 4) is 0 Å². The highest BCUT2D eigenvalue weighted by Crippen LogP contribution is 2.41. The summed E-state index contributed by atoms with van der Waals surface area (Å²) < 4.78 is 0. The first-order valence-electron chi connectivity index (χ1n) is 8.30. The van der Waals surface area contributed by atoms with Gasteiger partial charge >= 0.3 is 6.03 Å². The van der Waals surface area contributed by atoms with Crippen molar-refractivity contribution >= 4 is 11.9 Å². The molecule has 4 heteroatoms. The summed E-state index contributed by atoms with van der Waals surface area (Å²) in [5.74, 6) is -0.127. The Hall–Kier alpha value is -2.62. The second kappa shape index (κ2) is 5.20. The van der Waals surface area contributed by atoms with Gasteiger partial charge in [-0.15, -0.1) is 0 Å². The Labute approximate surface area is 141 Å². The van der Waals surface area contributed by atoms with Gasteiger partial charge in [-0.25, -0.2) is 4.79 Å². The molecule has 1 saturated heterocycles. The van der Waals surface area contributed by atoms with Crippen LogP contribution in [0.15, 0.2) is 42.5 Å². The van der Waals surface area contributed by atoms with Crippen LogP contribution in [-0.2, 0) is 23.3 Å². The van der Waals surface area contributed by atoms with Crippen LogP contribution in [0.3, 0.4) is 0 Å². The van der Waals surface area contributed by atoms with Gasteiger partial charge < -0.3 is 5.32 Å². The molecule has 0 aromatic heterocycles. The predicted molar refractivity (Wildman–Crippen MR) is 91.4 cm³/mol. The molecule has 122 valence electrons. The number of aryl methyl sites for hydroxylation is 3. The lowest BCUT2D eigenvalue weighted by Gasteiger charge is -2.22. The highest BCUT2D eigenvalue weighted by atomic mass is 16.2. The average Bonchev–Trinajstić information content (AvgIpc) is 3.05. The first-order valence-corrected chi connectivity index (χ1v) is 8.30. The SMILES string of the molecule is Cc1ccc(C)c(CN2C(=O)NC3(CCc4ccccc43)C2=O)c1. The number of benzene rings is 2. The van der Waals surface area contributed by atoms with Crippen molar-refractivity contribution in [2.45, 2.75) is 38.8 Å². The molecule has 1 aliphatic carbocycles. The molecule has 1 spiro atoms. The standard InChI is InChI=1S/C20H20N2O2/c1-13-7-8-14(2)16(11-13)12-22-18(23)20(21-19(22)24)10-9-15-5-3-4-6-17(15)20/h3-8,11H,9-10,12H2,1-2H3,(H,21,24). The number of carbonyl (C=O) groups excluding carboxylic acids is 2. The highest BCUT2D eigenvalue weighted by molar-refractivity contribution is 6.08. The minimum absolute atomic E-state index is 0.127. The first-order chi connectivity index (χ1) is 11.5. The van der Waals surface area contributed by atoms with E-state index in [-0.39, 0.29) is 11.9 Å². The molecule has 24 heavy (non-hydrogen) atoms. The zero-order valence-corrected chi connectivity index (χ0v) is 13.9. The van der Waals surface area contributed by atoms with E-state index in [9.17, 15) is 9.59 Å². The van der Waals surface area contributed by atoms with E-state index in [0.29, 0.717) is 13.0 Å². The molecule has 0 bridgehead atoms. The van der Waals surface area contributed by atoms with E-state index in [2.05, 4.69) is 5.32 Å². The van der Waals surface area contributed by atoms with Crippen LogP contribution in [0.1, 0.15) is 34.2 Å². The molecule has 2 aliphatic rings. The van der Waals surface area contributed by atoms with Crippen molar-refractivity contribution < 1.29 is 9.59 Å². The van der Waals surface area contributed by atoms with Gasteiger partial charge in [0.15, 0.2) is 0 Å². The van der Waals surface area contributed by atoms with Gasteiger partial charge in [0, 0.05) is 0 Å². The topological polar surface area (TPSA) is 49.4 Å². The van der Waals surface area contributed by atoms with E-state index in [1.165, 1.54) is 4.90 Å². The lowest BCUT2D eigenvalue weighted by atomic mass is 9.91. The molecule has 2 aromatic rings. The third-order valence-corrected chi connectivity index (χ3v) is 5.26. The summed E-state index contributed by atoms with van der Waals surface area (Å²) in [6.07, 6.45) is 1.46. The van der Waals surface area contributed by atoms with Crippen molar-refractivity contribution in [3.05, 3.63) is 70.3 Å². The number of nitrogens with one attached hydrogen (secondary N) is 1. The van der Waals surface area contributed by atoms with E-state index < -0.39 is 5.54 Å². The molecule has 4 rings (SSSR count). The number of nitrogens with zero attached hydrogens (tertiary/aromatic N) is 1. The molecule has 4 nitrogen and oxygen atoms in total. The number of fused-ring (bicyclic) bond motifs is 2. The van der Waals surface area contributed by atoms with Gasteiger partial charge in [-0.2, -0.15) is 0 Å². The lowest BCUT2D eigenvalue weighted by molar-refractivity contribution is -0.132. The zero-order chi connectivity index (χ0) is 16.9. The Balaban J connectivity index is 1.69. The monoisotopic (exact) mass is 320 g/mol. The number of amides is 3. The van der Waals surface area contributed by atoms with Crippen molar-refractivity contribution in [2.75, 3.05) is 0 Å². The lowest BCUT2D eigenvalue weighted by Crippen LogP contribution is -2.41. The van der Waals surface area contributed by atoms with Crippen LogP contribution in [0.25, 0.3) is 0 Å². The molecule has 1 aliphatic heterocycles. The molecule has 3 amide bonds. The fraction of sp³-hybridized carbons (Fsp3) is 0.300. The Kier molecular flexibility index (Phi) is 3.23. The molecule has 1 unspecified atom stereocenters. The summed E-state index contributed by atoms with van der Waals surface area (Å²) in [6, 6.07) is 13.7. The summed E-state index contributed by atoms with van der Waals surface area (Å²) in [6.45, 7) is 4.35. The number of hydrogen-bond donors (Lipinski definition) is 1. The normalized spacial score (nSPS) is 22.2. The highest BCUT2D eigenvalue weighted by Gasteiger charge is 2.55. The first kappa shape index (κ1) is 14.9. The molecular formula is C20H20N2O2. The summed E-state index contributed by atoms with van der Waals surface area (Å²) >= 11 is 0. The van der Waals surface area contributed by atoms with Crippen LogP contribution in [-0.4, -0.2) is 16.8 Å². The van der Waals surface area contributed by atoms with E-state index in [1.807, 2.05) is 56.3 Å². The van der Waals surface area contributed by atoms with Gasteiger partial charge in [0.1, 0.15) is 5.54 Å². The Morgan fingerprint density at radius 1 is 1.12 bits per heavy atom. The third-order valence-electron chi connectivity index (χ3n) is 5.26. The van der Waals surface area contributed by atoms with E-state index in [1.54, 1.807) is 0 Å². The van der Waals surface area contributed by atoms with Crippen LogP contribution in [0.2, 0.25) is 0 Å². The van der Waals surface area contributed by atoms with E-state index in [4.69, 9.17) is 0 Å². The van der Waals surface area contributed by atoms with Crippen LogP contribution in [0.5, 0.6) is 0 Å². The van der Waals surface area contributed by atoms with Gasteiger partial charge in [-0.05, 0) is 48.9 Å². The zero-order valence-electron chi connectivity index (χ0n) is 13.9. The van der Waals surface area contributed by atoms with Crippen LogP contribution in [0.4, 0.5) is 4.79 Å². The Morgan fingerprint density at radius 3 is 2.75 bits per heavy atom. The Bertz CT molecular complexity index is 858. The van der Waals surface area contributed by atoms with Gasteiger partial charge in [0.05, 0.1) is 6.54 Å². The average molecular weight is 320 g/mol. The predicted octanol–water partition coefficient (Wildman–Crippen LogP) is 3.20. The minimum atomic E-state index is -0.870. The maximum Gasteiger partial charge on any atom is 0.325 e. The van der Waals surface area contributed by atoms with Crippen LogP contribution >= 0.6 is 0 Å². The second-order valence-corrected chi connectivity index (χ2v) is 6.81. The number of hydrogen-bond acceptors (Lipinski definition) is 2. The molecule has 2 aromatic carbocycles. The number of rotatable bonds is 2. The van der Waals surface area contributed by atoms with Crippen molar-refractivity contribution in [3.63, 3.8) is 0 Å². The third kappa shape index (κ3) is 2.06. The maximum atomic E-state index is 13.1. The Morgan fingerprint density at radius 2 is 1.92 bits per heavy atom. The van der Waals surface area contributed by atoms with E-state index >= 15 is 0 Å². The van der Waals surface area contributed by atoms with Gasteiger partial charge in [-0.3, -0.25) is 9.69 Å². The smallest absolute Gasteiger partial charge is 0.319 e. The van der Waals surface area contributed by atoms with Crippen molar-refractivity contribution in [1.82, 2.24) is 10.2 Å². The number of carbonyl (C=O) groups is 2. The van der Waals surface area contributed by atoms with Crippen molar-refractivity contribution in [2.24, 2.45) is 0 Å². The minimum Gasteiger partial charge on any atom is -0.319 e. The molecule has 0 radical (unpaired) electrons. The molecular weight excluding hydrogens is 300 g/mol. The summed E-state index contributed by atoms with van der Waals surface area (Å²) in [4.78, 5) is 27.1. The second-order valence-electron chi connectivity index (χ2n) is 6.81. The quantitative estimate of drug-likeness (QED) is 0.864. The summed E-state index contributed by atoms with van der Waals surface area (Å²) in [5.41, 5.74) is 4.47. The molecule has 1 N–H and O–H groups in total. The maximum absolute atomic E-state index is 13.1. The van der Waals surface area contributed by atoms with Crippen molar-refractivity contribution in [1.29, 1.82) is 0 Å². The summed E-state index contributed by atoms with van der Waals surface area (Å²) in [5, 5.41) is 2.98. The molecule has 1 atom stereocenters. The van der Waals surface area contributed by atoms with Gasteiger partial charge in [-0.1, -0.05) is 48.0 Å². The fourth-order valence-corrected chi connectivity index (χ4v) is 3.87. The summed E-state index contributed by atoms with van der Waals surface area (Å²) in [7, 11) is 0.